The molecule has 2 amide bonds. The minimum absolute atomic E-state index is 0.0467. The number of carbonyl (C=O) groups is 1. The third-order valence-electron chi connectivity index (χ3n) is 2.91. The Balaban J connectivity index is 1.63. The number of amides is 2. The molecule has 5 heteroatoms. The molecule has 0 aliphatic carbocycles. The van der Waals surface area contributed by atoms with E-state index < -0.39 is 0 Å². The first kappa shape index (κ1) is 12.0. The first-order valence-electron chi connectivity index (χ1n) is 6.04. The standard InChI is InChI=1S/C12H19N3O2/c1-10(9-11-3-2-8-17-11)13-4-6-15-7-5-14-12(15)16/h2-3,8,10,13H,4-7,9H2,1H3,(H,14,16). The Morgan fingerprint density at radius 1 is 1.65 bits per heavy atom. The zero-order valence-electron chi connectivity index (χ0n) is 10.1. The van der Waals surface area contributed by atoms with E-state index in [4.69, 9.17) is 4.42 Å². The third-order valence-corrected chi connectivity index (χ3v) is 2.91. The van der Waals surface area contributed by atoms with E-state index in [1.165, 1.54) is 0 Å². The van der Waals surface area contributed by atoms with Gasteiger partial charge in [-0.2, -0.15) is 0 Å². The summed E-state index contributed by atoms with van der Waals surface area (Å²) >= 11 is 0. The van der Waals surface area contributed by atoms with E-state index in [2.05, 4.69) is 17.6 Å². The molecule has 2 N–H and O–H groups in total. The topological polar surface area (TPSA) is 57.5 Å². The minimum atomic E-state index is 0.0467. The molecule has 17 heavy (non-hydrogen) atoms. The fraction of sp³-hybridized carbons (Fsp3) is 0.583. The van der Waals surface area contributed by atoms with Crippen LogP contribution in [0.1, 0.15) is 12.7 Å². The average Bonchev–Trinajstić information content (AvgIpc) is 2.91. The Morgan fingerprint density at radius 3 is 3.18 bits per heavy atom. The maximum absolute atomic E-state index is 11.3. The van der Waals surface area contributed by atoms with Crippen molar-refractivity contribution in [3.63, 3.8) is 0 Å². The lowest BCUT2D eigenvalue weighted by Crippen LogP contribution is -2.38. The fourth-order valence-corrected chi connectivity index (χ4v) is 1.97. The molecular weight excluding hydrogens is 218 g/mol. The molecule has 2 heterocycles. The van der Waals surface area contributed by atoms with Crippen molar-refractivity contribution in [2.45, 2.75) is 19.4 Å². The summed E-state index contributed by atoms with van der Waals surface area (Å²) in [7, 11) is 0. The molecule has 0 saturated carbocycles. The molecule has 2 rings (SSSR count). The molecule has 5 nitrogen and oxygen atoms in total. The Morgan fingerprint density at radius 2 is 2.53 bits per heavy atom. The van der Waals surface area contributed by atoms with Crippen LogP contribution in [0.25, 0.3) is 0 Å². The smallest absolute Gasteiger partial charge is 0.317 e. The van der Waals surface area contributed by atoms with Gasteiger partial charge in [0.25, 0.3) is 0 Å². The SMILES string of the molecule is CC(Cc1ccco1)NCCN1CCNC1=O. The van der Waals surface area contributed by atoms with Crippen molar-refractivity contribution in [2.75, 3.05) is 26.2 Å². The normalized spacial score (nSPS) is 17.2. The van der Waals surface area contributed by atoms with Crippen LogP contribution in [0.5, 0.6) is 0 Å². The molecule has 1 aromatic rings. The van der Waals surface area contributed by atoms with Crippen molar-refractivity contribution < 1.29 is 9.21 Å². The first-order chi connectivity index (χ1) is 8.25. The molecule has 1 atom stereocenters. The summed E-state index contributed by atoms with van der Waals surface area (Å²) in [6, 6.07) is 4.28. The van der Waals surface area contributed by atoms with Crippen LogP contribution in [0.3, 0.4) is 0 Å². The molecule has 1 saturated heterocycles. The van der Waals surface area contributed by atoms with Crippen molar-refractivity contribution in [1.29, 1.82) is 0 Å². The van der Waals surface area contributed by atoms with Gasteiger partial charge in [-0.05, 0) is 19.1 Å². The molecule has 1 aromatic heterocycles. The number of nitrogens with one attached hydrogen (secondary N) is 2. The van der Waals surface area contributed by atoms with Crippen LogP contribution in [0.15, 0.2) is 22.8 Å². The second-order valence-electron chi connectivity index (χ2n) is 4.36. The fourth-order valence-electron chi connectivity index (χ4n) is 1.97. The van der Waals surface area contributed by atoms with Gasteiger partial charge in [0.05, 0.1) is 6.26 Å². The van der Waals surface area contributed by atoms with Gasteiger partial charge in [-0.25, -0.2) is 4.79 Å². The zero-order valence-corrected chi connectivity index (χ0v) is 10.1. The van der Waals surface area contributed by atoms with E-state index in [1.807, 2.05) is 17.0 Å². The van der Waals surface area contributed by atoms with Gasteiger partial charge in [-0.3, -0.25) is 0 Å². The van der Waals surface area contributed by atoms with Gasteiger partial charge in [-0.1, -0.05) is 0 Å². The molecule has 0 spiro atoms. The lowest BCUT2D eigenvalue weighted by Gasteiger charge is -2.17. The first-order valence-corrected chi connectivity index (χ1v) is 6.04. The highest BCUT2D eigenvalue weighted by Gasteiger charge is 2.18. The van der Waals surface area contributed by atoms with Gasteiger partial charge in [0.2, 0.25) is 0 Å². The van der Waals surface area contributed by atoms with Gasteiger partial charge in [0.1, 0.15) is 5.76 Å². The summed E-state index contributed by atoms with van der Waals surface area (Å²) in [6.07, 6.45) is 2.57. The van der Waals surface area contributed by atoms with Crippen molar-refractivity contribution in [2.24, 2.45) is 0 Å². The van der Waals surface area contributed by atoms with Gasteiger partial charge in [0, 0.05) is 38.6 Å². The molecule has 94 valence electrons. The summed E-state index contributed by atoms with van der Waals surface area (Å²) in [5.74, 6) is 0.990. The number of nitrogens with zero attached hydrogens (tertiary/aromatic N) is 1. The van der Waals surface area contributed by atoms with E-state index >= 15 is 0 Å². The molecule has 1 aliphatic rings. The number of hydrogen-bond donors (Lipinski definition) is 2. The second-order valence-corrected chi connectivity index (χ2v) is 4.36. The number of rotatable bonds is 6. The largest absolute Gasteiger partial charge is 0.469 e. The van der Waals surface area contributed by atoms with E-state index in [1.54, 1.807) is 6.26 Å². The summed E-state index contributed by atoms with van der Waals surface area (Å²) in [5, 5.41) is 6.17. The monoisotopic (exact) mass is 237 g/mol. The average molecular weight is 237 g/mol. The molecule has 1 unspecified atom stereocenters. The van der Waals surface area contributed by atoms with E-state index in [0.29, 0.717) is 6.04 Å². The highest BCUT2D eigenvalue weighted by atomic mass is 16.3. The van der Waals surface area contributed by atoms with Gasteiger partial charge in [0.15, 0.2) is 0 Å². The lowest BCUT2D eigenvalue weighted by atomic mass is 10.2. The summed E-state index contributed by atoms with van der Waals surface area (Å²) in [5.41, 5.74) is 0. The van der Waals surface area contributed by atoms with Crippen LogP contribution in [-0.2, 0) is 6.42 Å². The Labute approximate surface area is 101 Å². The van der Waals surface area contributed by atoms with E-state index in [0.717, 1.165) is 38.4 Å². The van der Waals surface area contributed by atoms with Crippen LogP contribution < -0.4 is 10.6 Å². The second kappa shape index (κ2) is 5.72. The Bertz CT molecular complexity index is 351. The molecule has 0 bridgehead atoms. The number of furan rings is 1. The highest BCUT2D eigenvalue weighted by Crippen LogP contribution is 2.03. The van der Waals surface area contributed by atoms with Gasteiger partial charge in [-0.15, -0.1) is 0 Å². The minimum Gasteiger partial charge on any atom is -0.469 e. The van der Waals surface area contributed by atoms with E-state index in [-0.39, 0.29) is 6.03 Å². The molecule has 1 aliphatic heterocycles. The molecule has 0 radical (unpaired) electrons. The van der Waals surface area contributed by atoms with Crippen LogP contribution in [0.4, 0.5) is 4.79 Å². The number of hydrogen-bond acceptors (Lipinski definition) is 3. The van der Waals surface area contributed by atoms with Crippen LogP contribution >= 0.6 is 0 Å². The maximum Gasteiger partial charge on any atom is 0.317 e. The number of urea groups is 1. The quantitative estimate of drug-likeness (QED) is 0.770. The van der Waals surface area contributed by atoms with Crippen LogP contribution in [0.2, 0.25) is 0 Å². The Kier molecular flexibility index (Phi) is 4.03. The molecule has 1 fully saturated rings. The van der Waals surface area contributed by atoms with Gasteiger partial charge < -0.3 is 20.0 Å². The highest BCUT2D eigenvalue weighted by molar-refractivity contribution is 5.76. The molecular formula is C12H19N3O2. The Hall–Kier alpha value is -1.49. The van der Waals surface area contributed by atoms with Crippen molar-refractivity contribution >= 4 is 6.03 Å². The van der Waals surface area contributed by atoms with Crippen LogP contribution in [0, 0.1) is 0 Å². The number of carbonyl (C=O) groups excluding carboxylic acids is 1. The van der Waals surface area contributed by atoms with Crippen molar-refractivity contribution in [3.05, 3.63) is 24.2 Å². The summed E-state index contributed by atoms with van der Waals surface area (Å²) in [6.45, 7) is 5.27. The van der Waals surface area contributed by atoms with Crippen molar-refractivity contribution in [3.8, 4) is 0 Å². The summed E-state index contributed by atoms with van der Waals surface area (Å²) in [4.78, 5) is 13.1. The van der Waals surface area contributed by atoms with E-state index in [9.17, 15) is 4.79 Å². The predicted octanol–water partition coefficient (Wildman–Crippen LogP) is 0.825. The van der Waals surface area contributed by atoms with Gasteiger partial charge >= 0.3 is 6.03 Å². The maximum atomic E-state index is 11.3. The zero-order chi connectivity index (χ0) is 12.1. The lowest BCUT2D eigenvalue weighted by molar-refractivity contribution is 0.217. The summed E-state index contributed by atoms with van der Waals surface area (Å²) < 4.78 is 5.29. The van der Waals surface area contributed by atoms with Crippen molar-refractivity contribution in [1.82, 2.24) is 15.5 Å². The predicted molar refractivity (Wildman–Crippen MR) is 64.8 cm³/mol. The van der Waals surface area contributed by atoms with Crippen LogP contribution in [-0.4, -0.2) is 43.2 Å². The third kappa shape index (κ3) is 3.49. The molecule has 0 aromatic carbocycles.